The summed E-state index contributed by atoms with van der Waals surface area (Å²) in [7, 11) is -2.86. The van der Waals surface area contributed by atoms with E-state index < -0.39 is 9.84 Å². The maximum Gasteiger partial charge on any atom is 0.147 e. The summed E-state index contributed by atoms with van der Waals surface area (Å²) < 4.78 is 22.9. The Morgan fingerprint density at radius 3 is 2.69 bits per heavy atom. The van der Waals surface area contributed by atoms with Gasteiger partial charge < -0.3 is 0 Å². The van der Waals surface area contributed by atoms with Gasteiger partial charge in [-0.25, -0.2) is 8.42 Å². The molecule has 1 aromatic carbocycles. The third kappa shape index (κ3) is 4.49. The summed E-state index contributed by atoms with van der Waals surface area (Å²) in [6.07, 6.45) is 5.68. The number of rotatable bonds is 4. The standard InChI is InChI=1S/C12H15BrO2S/c1-10-11(7-5-8-12(10)13)6-3-4-9-16(2,14)15/h3,5-8H,4,9H2,1-2H3/b6-3+. The van der Waals surface area contributed by atoms with Gasteiger partial charge in [-0.3, -0.25) is 0 Å². The molecule has 0 atom stereocenters. The van der Waals surface area contributed by atoms with Gasteiger partial charge in [-0.2, -0.15) is 0 Å². The minimum atomic E-state index is -2.86. The van der Waals surface area contributed by atoms with Crippen LogP contribution in [0.4, 0.5) is 0 Å². The molecule has 2 nitrogen and oxygen atoms in total. The van der Waals surface area contributed by atoms with Crippen LogP contribution >= 0.6 is 15.9 Å². The second-order valence-electron chi connectivity index (χ2n) is 3.77. The molecule has 0 bridgehead atoms. The first-order valence-corrected chi connectivity index (χ1v) is 7.85. The second-order valence-corrected chi connectivity index (χ2v) is 6.89. The Hall–Kier alpha value is -0.610. The first-order chi connectivity index (χ1) is 7.40. The smallest absolute Gasteiger partial charge is 0.147 e. The van der Waals surface area contributed by atoms with Crippen LogP contribution in [0.2, 0.25) is 0 Å². The maximum atomic E-state index is 10.9. The molecule has 0 amide bonds. The largest absolute Gasteiger partial charge is 0.229 e. The van der Waals surface area contributed by atoms with E-state index in [9.17, 15) is 8.42 Å². The van der Waals surface area contributed by atoms with E-state index in [0.29, 0.717) is 6.42 Å². The summed E-state index contributed by atoms with van der Waals surface area (Å²) in [4.78, 5) is 0. The van der Waals surface area contributed by atoms with Crippen LogP contribution in [-0.2, 0) is 9.84 Å². The number of hydrogen-bond acceptors (Lipinski definition) is 2. The molecule has 0 saturated heterocycles. The molecule has 0 fully saturated rings. The number of benzene rings is 1. The molecule has 0 aliphatic carbocycles. The molecule has 1 rings (SSSR count). The van der Waals surface area contributed by atoms with Gasteiger partial charge in [0.2, 0.25) is 0 Å². The molecule has 0 aliphatic heterocycles. The first kappa shape index (κ1) is 13.5. The number of hydrogen-bond donors (Lipinski definition) is 0. The predicted molar refractivity (Wildman–Crippen MR) is 72.2 cm³/mol. The summed E-state index contributed by atoms with van der Waals surface area (Å²) in [5.41, 5.74) is 2.28. The zero-order valence-electron chi connectivity index (χ0n) is 9.40. The van der Waals surface area contributed by atoms with E-state index in [4.69, 9.17) is 0 Å². The lowest BCUT2D eigenvalue weighted by atomic mass is 10.1. The maximum absolute atomic E-state index is 10.9. The molecule has 0 saturated carbocycles. The van der Waals surface area contributed by atoms with E-state index in [1.807, 2.05) is 37.3 Å². The van der Waals surface area contributed by atoms with Gasteiger partial charge in [0.1, 0.15) is 9.84 Å². The molecule has 0 spiro atoms. The van der Waals surface area contributed by atoms with E-state index in [0.717, 1.165) is 15.6 Å². The Bertz CT molecular complexity index is 490. The van der Waals surface area contributed by atoms with Gasteiger partial charge in [0.05, 0.1) is 5.75 Å². The van der Waals surface area contributed by atoms with Crippen LogP contribution in [0.3, 0.4) is 0 Å². The van der Waals surface area contributed by atoms with Gasteiger partial charge in [0.15, 0.2) is 0 Å². The van der Waals surface area contributed by atoms with Crippen molar-refractivity contribution in [3.63, 3.8) is 0 Å². The van der Waals surface area contributed by atoms with Crippen LogP contribution in [0.15, 0.2) is 28.7 Å². The van der Waals surface area contributed by atoms with Crippen molar-refractivity contribution in [2.75, 3.05) is 12.0 Å². The van der Waals surface area contributed by atoms with E-state index in [1.165, 1.54) is 6.26 Å². The molecule has 0 aromatic heterocycles. The van der Waals surface area contributed by atoms with Gasteiger partial charge >= 0.3 is 0 Å². The monoisotopic (exact) mass is 302 g/mol. The summed E-state index contributed by atoms with van der Waals surface area (Å²) in [6, 6.07) is 5.97. The SMILES string of the molecule is Cc1c(Br)cccc1/C=C/CCS(C)(=O)=O. The normalized spacial score (nSPS) is 12.2. The molecule has 16 heavy (non-hydrogen) atoms. The number of sulfone groups is 1. The third-order valence-electron chi connectivity index (χ3n) is 2.26. The fourth-order valence-electron chi connectivity index (χ4n) is 1.30. The Kier molecular flexibility index (Phi) is 4.74. The lowest BCUT2D eigenvalue weighted by Gasteiger charge is -2.02. The van der Waals surface area contributed by atoms with Gasteiger partial charge in [0.25, 0.3) is 0 Å². The molecule has 0 heterocycles. The molecule has 0 N–H and O–H groups in total. The lowest BCUT2D eigenvalue weighted by molar-refractivity contribution is 0.601. The zero-order chi connectivity index (χ0) is 12.2. The third-order valence-corrected chi connectivity index (χ3v) is 4.10. The van der Waals surface area contributed by atoms with Crippen molar-refractivity contribution in [3.05, 3.63) is 39.9 Å². The quantitative estimate of drug-likeness (QED) is 0.856. The van der Waals surface area contributed by atoms with Crippen LogP contribution < -0.4 is 0 Å². The highest BCUT2D eigenvalue weighted by Gasteiger charge is 2.00. The first-order valence-electron chi connectivity index (χ1n) is 4.99. The van der Waals surface area contributed by atoms with Gasteiger partial charge in [-0.1, -0.05) is 40.2 Å². The fraction of sp³-hybridized carbons (Fsp3) is 0.333. The topological polar surface area (TPSA) is 34.1 Å². The molecule has 0 unspecified atom stereocenters. The van der Waals surface area contributed by atoms with Crippen LogP contribution in [0.5, 0.6) is 0 Å². The highest BCUT2D eigenvalue weighted by atomic mass is 79.9. The van der Waals surface area contributed by atoms with Gasteiger partial charge in [-0.15, -0.1) is 0 Å². The van der Waals surface area contributed by atoms with Crippen molar-refractivity contribution in [3.8, 4) is 0 Å². The number of halogens is 1. The molecular formula is C12H15BrO2S. The van der Waals surface area contributed by atoms with Crippen LogP contribution in [0.1, 0.15) is 17.5 Å². The molecule has 88 valence electrons. The van der Waals surface area contributed by atoms with Crippen molar-refractivity contribution >= 4 is 31.8 Å². The molecule has 0 radical (unpaired) electrons. The molecule has 4 heteroatoms. The van der Waals surface area contributed by atoms with E-state index in [2.05, 4.69) is 15.9 Å². The average Bonchev–Trinajstić information content (AvgIpc) is 2.17. The average molecular weight is 303 g/mol. The Labute approximate surface area is 105 Å². The molecule has 1 aromatic rings. The van der Waals surface area contributed by atoms with Crippen molar-refractivity contribution in [1.29, 1.82) is 0 Å². The van der Waals surface area contributed by atoms with Crippen molar-refractivity contribution in [1.82, 2.24) is 0 Å². The van der Waals surface area contributed by atoms with E-state index >= 15 is 0 Å². The fourth-order valence-corrected chi connectivity index (χ4v) is 2.24. The van der Waals surface area contributed by atoms with Crippen LogP contribution in [-0.4, -0.2) is 20.4 Å². The zero-order valence-corrected chi connectivity index (χ0v) is 11.8. The summed E-state index contributed by atoms with van der Waals surface area (Å²) in [5, 5.41) is 0. The van der Waals surface area contributed by atoms with Crippen molar-refractivity contribution < 1.29 is 8.42 Å². The minimum absolute atomic E-state index is 0.205. The number of allylic oxidation sites excluding steroid dienone is 1. The van der Waals surface area contributed by atoms with Crippen molar-refractivity contribution in [2.45, 2.75) is 13.3 Å². The van der Waals surface area contributed by atoms with Crippen LogP contribution in [0, 0.1) is 6.92 Å². The van der Waals surface area contributed by atoms with Crippen molar-refractivity contribution in [2.24, 2.45) is 0 Å². The molecule has 0 aliphatic rings. The molecular weight excluding hydrogens is 288 g/mol. The van der Waals surface area contributed by atoms with Crippen LogP contribution in [0.25, 0.3) is 6.08 Å². The highest BCUT2D eigenvalue weighted by Crippen LogP contribution is 2.20. The predicted octanol–water partition coefficient (Wildman–Crippen LogP) is 3.21. The summed E-state index contributed by atoms with van der Waals surface area (Å²) >= 11 is 3.46. The second kappa shape index (κ2) is 5.64. The van der Waals surface area contributed by atoms with E-state index in [1.54, 1.807) is 0 Å². The summed E-state index contributed by atoms with van der Waals surface area (Å²) in [5.74, 6) is 0.205. The van der Waals surface area contributed by atoms with E-state index in [-0.39, 0.29) is 5.75 Å². The van der Waals surface area contributed by atoms with Gasteiger partial charge in [0, 0.05) is 10.7 Å². The Morgan fingerprint density at radius 1 is 1.38 bits per heavy atom. The Morgan fingerprint density at radius 2 is 2.06 bits per heavy atom. The van der Waals surface area contributed by atoms with Gasteiger partial charge in [-0.05, 0) is 30.5 Å². The highest BCUT2D eigenvalue weighted by molar-refractivity contribution is 9.10. The lowest BCUT2D eigenvalue weighted by Crippen LogP contribution is -2.00. The summed E-state index contributed by atoms with van der Waals surface area (Å²) in [6.45, 7) is 2.03. The Balaban J connectivity index is 2.67. The minimum Gasteiger partial charge on any atom is -0.229 e.